The molecule has 5 rings (SSSR count). The summed E-state index contributed by atoms with van der Waals surface area (Å²) in [4.78, 5) is 31.2. The molecule has 1 aliphatic heterocycles. The first-order valence-corrected chi connectivity index (χ1v) is 12.9. The Morgan fingerprint density at radius 1 is 1.30 bits per heavy atom. The van der Waals surface area contributed by atoms with Crippen LogP contribution in [0.25, 0.3) is 5.65 Å². The Morgan fingerprint density at radius 3 is 2.92 bits per heavy atom. The minimum atomic E-state index is -0.238. The van der Waals surface area contributed by atoms with Gasteiger partial charge in [-0.2, -0.15) is 9.61 Å². The van der Waals surface area contributed by atoms with E-state index in [-0.39, 0.29) is 29.2 Å². The van der Waals surface area contributed by atoms with Crippen LogP contribution in [0.2, 0.25) is 0 Å². The summed E-state index contributed by atoms with van der Waals surface area (Å²) in [6, 6.07) is 5.35. The number of rotatable bonds is 7. The fourth-order valence-electron chi connectivity index (χ4n) is 5.36. The third-order valence-corrected chi connectivity index (χ3v) is 7.50. The first kappa shape index (κ1) is 25.2. The van der Waals surface area contributed by atoms with E-state index >= 15 is 0 Å². The zero-order valence-corrected chi connectivity index (χ0v) is 21.6. The Morgan fingerprint density at radius 2 is 2.16 bits per heavy atom. The van der Waals surface area contributed by atoms with Crippen molar-refractivity contribution in [3.8, 4) is 0 Å². The van der Waals surface area contributed by atoms with Crippen molar-refractivity contribution in [2.45, 2.75) is 63.1 Å². The maximum atomic E-state index is 13.3. The molecule has 1 saturated heterocycles. The third-order valence-electron chi connectivity index (χ3n) is 7.50. The van der Waals surface area contributed by atoms with E-state index in [1.165, 1.54) is 6.20 Å². The summed E-state index contributed by atoms with van der Waals surface area (Å²) in [6.45, 7) is 3.34. The van der Waals surface area contributed by atoms with E-state index in [1.54, 1.807) is 41.6 Å². The average Bonchev–Trinajstić information content (AvgIpc) is 3.34. The van der Waals surface area contributed by atoms with E-state index in [0.717, 1.165) is 45.1 Å². The second-order valence-electron chi connectivity index (χ2n) is 10.1. The largest absolute Gasteiger partial charge is 0.379 e. The summed E-state index contributed by atoms with van der Waals surface area (Å²) in [5, 5.41) is 13.8. The number of fused-ring (bicyclic) bond motifs is 1. The number of carbonyl (C=O) groups is 1. The third kappa shape index (κ3) is 5.19. The predicted molar refractivity (Wildman–Crippen MR) is 141 cm³/mol. The summed E-state index contributed by atoms with van der Waals surface area (Å²) in [5.41, 5.74) is 0.788. The molecular weight excluding hydrogens is 474 g/mol. The van der Waals surface area contributed by atoms with Gasteiger partial charge in [0.15, 0.2) is 5.65 Å². The Hall–Kier alpha value is -3.44. The number of ether oxygens (including phenoxy) is 2. The van der Waals surface area contributed by atoms with E-state index in [2.05, 4.69) is 33.0 Å². The molecule has 37 heavy (non-hydrogen) atoms. The zero-order valence-electron chi connectivity index (χ0n) is 21.6. The van der Waals surface area contributed by atoms with Crippen LogP contribution in [0.5, 0.6) is 0 Å². The number of aromatic nitrogens is 4. The Labute approximate surface area is 215 Å². The van der Waals surface area contributed by atoms with Crippen molar-refractivity contribution in [3.05, 3.63) is 46.5 Å². The van der Waals surface area contributed by atoms with Gasteiger partial charge in [0, 0.05) is 39.1 Å². The number of hydrogen-bond acceptors (Lipinski definition) is 8. The number of nitrogens with zero attached hydrogens (tertiary/aromatic N) is 4. The van der Waals surface area contributed by atoms with Gasteiger partial charge in [0.1, 0.15) is 22.9 Å². The van der Waals surface area contributed by atoms with Crippen LogP contribution in [0.1, 0.15) is 61.8 Å². The van der Waals surface area contributed by atoms with Crippen molar-refractivity contribution in [3.63, 3.8) is 0 Å². The molecule has 1 aliphatic carbocycles. The van der Waals surface area contributed by atoms with Gasteiger partial charge in [0.2, 0.25) is 0 Å². The number of anilines is 3. The van der Waals surface area contributed by atoms with E-state index in [4.69, 9.17) is 9.47 Å². The lowest BCUT2D eigenvalue weighted by molar-refractivity contribution is -0.0314. The van der Waals surface area contributed by atoms with Gasteiger partial charge in [-0.25, -0.2) is 4.98 Å². The highest BCUT2D eigenvalue weighted by Crippen LogP contribution is 2.31. The molecule has 3 atom stereocenters. The minimum absolute atomic E-state index is 0.0104. The van der Waals surface area contributed by atoms with Gasteiger partial charge in [-0.15, -0.1) is 0 Å². The molecule has 0 spiro atoms. The molecule has 2 fully saturated rings. The summed E-state index contributed by atoms with van der Waals surface area (Å²) < 4.78 is 14.6. The fraction of sp³-hybridized carbons (Fsp3) is 0.538. The van der Waals surface area contributed by atoms with Gasteiger partial charge in [0.25, 0.3) is 11.5 Å². The monoisotopic (exact) mass is 509 g/mol. The first-order chi connectivity index (χ1) is 17.9. The minimum Gasteiger partial charge on any atom is -0.379 e. The molecule has 11 heteroatoms. The summed E-state index contributed by atoms with van der Waals surface area (Å²) in [7, 11) is 3.49. The number of hydrogen-bond donors (Lipinski definition) is 3. The smallest absolute Gasteiger partial charge is 0.274 e. The summed E-state index contributed by atoms with van der Waals surface area (Å²) in [6.07, 6.45) is 8.76. The van der Waals surface area contributed by atoms with Gasteiger partial charge in [-0.05, 0) is 57.6 Å². The quantitative estimate of drug-likeness (QED) is 0.444. The van der Waals surface area contributed by atoms with Crippen LogP contribution in [0.3, 0.4) is 0 Å². The van der Waals surface area contributed by atoms with Crippen LogP contribution in [-0.2, 0) is 9.47 Å². The van der Waals surface area contributed by atoms with E-state index in [0.29, 0.717) is 35.1 Å². The van der Waals surface area contributed by atoms with Crippen molar-refractivity contribution < 1.29 is 14.3 Å². The topological polar surface area (TPSA) is 124 Å². The van der Waals surface area contributed by atoms with Gasteiger partial charge < -0.3 is 30.0 Å². The molecule has 3 aromatic rings. The van der Waals surface area contributed by atoms with Crippen LogP contribution < -0.4 is 21.5 Å². The molecule has 3 N–H and O–H groups in total. The lowest BCUT2D eigenvalue weighted by Crippen LogP contribution is -2.45. The second kappa shape index (κ2) is 10.5. The number of nitrogens with one attached hydrogen (secondary N) is 3. The summed E-state index contributed by atoms with van der Waals surface area (Å²) in [5.74, 6) is 0.838. The van der Waals surface area contributed by atoms with Crippen LogP contribution >= 0.6 is 0 Å². The van der Waals surface area contributed by atoms with Gasteiger partial charge >= 0.3 is 0 Å². The number of amides is 1. The normalized spacial score (nSPS) is 24.1. The van der Waals surface area contributed by atoms with Gasteiger partial charge in [-0.3, -0.25) is 9.59 Å². The lowest BCUT2D eigenvalue weighted by Gasteiger charge is -2.37. The highest BCUT2D eigenvalue weighted by molar-refractivity contribution is 6.00. The first-order valence-electron chi connectivity index (χ1n) is 12.9. The Balaban J connectivity index is 1.42. The molecule has 0 aromatic carbocycles. The number of pyridine rings is 1. The summed E-state index contributed by atoms with van der Waals surface area (Å²) >= 11 is 0. The van der Waals surface area contributed by atoms with E-state index in [1.807, 2.05) is 6.07 Å². The standard InChI is InChI=1S/C26H35N7O4/c1-26(36-3)10-4-7-17(14-26)29-24(34)19-15-28-33-22(27-2)13-21(31-23(19)33)30-20-9-5-11-32(25(20)35)18-8-6-12-37-16-18/h5,9,11,13,15,17-18,27H,4,6-8,10,12,14,16H2,1-3H3,(H,29,34)(H,30,31)/t17?,18-,26+/m1/s1. The Bertz CT molecular complexity index is 1330. The van der Waals surface area contributed by atoms with Crippen molar-refractivity contribution in [1.82, 2.24) is 24.5 Å². The maximum absolute atomic E-state index is 13.3. The van der Waals surface area contributed by atoms with Crippen molar-refractivity contribution in [2.75, 3.05) is 38.0 Å². The van der Waals surface area contributed by atoms with Crippen molar-refractivity contribution in [2.24, 2.45) is 0 Å². The van der Waals surface area contributed by atoms with Gasteiger partial charge in [-0.1, -0.05) is 0 Å². The second-order valence-corrected chi connectivity index (χ2v) is 10.1. The van der Waals surface area contributed by atoms with Crippen LogP contribution in [0.4, 0.5) is 17.3 Å². The zero-order chi connectivity index (χ0) is 26.0. The average molecular weight is 510 g/mol. The van der Waals surface area contributed by atoms with Crippen molar-refractivity contribution >= 4 is 28.9 Å². The fourth-order valence-corrected chi connectivity index (χ4v) is 5.36. The molecule has 0 bridgehead atoms. The van der Waals surface area contributed by atoms with E-state index in [9.17, 15) is 9.59 Å². The predicted octanol–water partition coefficient (Wildman–Crippen LogP) is 3.11. The molecule has 198 valence electrons. The van der Waals surface area contributed by atoms with Crippen LogP contribution in [0, 0.1) is 0 Å². The van der Waals surface area contributed by atoms with Crippen LogP contribution in [0.15, 0.2) is 35.4 Å². The molecule has 1 unspecified atom stereocenters. The molecular formula is C26H35N7O4. The highest BCUT2D eigenvalue weighted by atomic mass is 16.5. The molecule has 0 radical (unpaired) electrons. The van der Waals surface area contributed by atoms with E-state index < -0.39 is 0 Å². The SMILES string of the molecule is CNc1cc(Nc2cccn([C@@H]3CCCOC3)c2=O)nc2c(C(=O)NC3CCC[C@](C)(OC)C3)cnn12. The molecule has 11 nitrogen and oxygen atoms in total. The van der Waals surface area contributed by atoms with Gasteiger partial charge in [0.05, 0.1) is 24.4 Å². The molecule has 1 amide bonds. The molecule has 1 saturated carbocycles. The number of carbonyl (C=O) groups excluding carboxylic acids is 1. The Kier molecular flexibility index (Phi) is 7.16. The molecule has 3 aromatic heterocycles. The van der Waals surface area contributed by atoms with Crippen LogP contribution in [-0.4, -0.2) is 64.1 Å². The molecule has 2 aliphatic rings. The van der Waals surface area contributed by atoms with Crippen molar-refractivity contribution in [1.29, 1.82) is 0 Å². The maximum Gasteiger partial charge on any atom is 0.274 e. The highest BCUT2D eigenvalue weighted by Gasteiger charge is 2.33. The molecule has 4 heterocycles. The number of methoxy groups -OCH3 is 1. The lowest BCUT2D eigenvalue weighted by atomic mass is 9.83.